The highest BCUT2D eigenvalue weighted by Gasteiger charge is 1.99. The largest absolute Gasteiger partial charge is 0.285 e. The van der Waals surface area contributed by atoms with Gasteiger partial charge in [-0.3, -0.25) is 5.10 Å². The maximum absolute atomic E-state index is 3.93. The molecule has 2 aromatic rings. The van der Waals surface area contributed by atoms with Crippen LogP contribution >= 0.6 is 0 Å². The van der Waals surface area contributed by atoms with E-state index in [2.05, 4.69) is 42.2 Å². The van der Waals surface area contributed by atoms with Crippen LogP contribution in [0.4, 0.5) is 0 Å². The first-order valence-electron chi connectivity index (χ1n) is 4.33. The number of nitrogens with one attached hydrogen (secondary N) is 1. The highest BCUT2D eigenvalue weighted by Crippen LogP contribution is 2.20. The lowest BCUT2D eigenvalue weighted by Gasteiger charge is -2.01. The molecule has 1 aromatic heterocycles. The fourth-order valence-electron chi connectivity index (χ4n) is 1.55. The van der Waals surface area contributed by atoms with Gasteiger partial charge in [0.05, 0.1) is 6.20 Å². The highest BCUT2D eigenvalue weighted by molar-refractivity contribution is 5.63. The minimum Gasteiger partial charge on any atom is -0.285 e. The van der Waals surface area contributed by atoms with E-state index in [-0.39, 0.29) is 0 Å². The molecule has 2 rings (SSSR count). The van der Waals surface area contributed by atoms with Gasteiger partial charge in [-0.05, 0) is 19.4 Å². The number of hydrogen-bond acceptors (Lipinski definition) is 1. The number of aromatic amines is 1. The molecular weight excluding hydrogens is 160 g/mol. The first kappa shape index (κ1) is 8.05. The summed E-state index contributed by atoms with van der Waals surface area (Å²) in [5.74, 6) is 0. The fourth-order valence-corrected chi connectivity index (χ4v) is 1.55. The van der Waals surface area contributed by atoms with Crippen molar-refractivity contribution in [3.63, 3.8) is 0 Å². The lowest BCUT2D eigenvalue weighted by Crippen LogP contribution is -1.80. The average molecular weight is 172 g/mol. The molecule has 2 nitrogen and oxygen atoms in total. The van der Waals surface area contributed by atoms with Crippen LogP contribution in [0.15, 0.2) is 30.6 Å². The first-order valence-corrected chi connectivity index (χ1v) is 4.33. The van der Waals surface area contributed by atoms with Crippen molar-refractivity contribution in [1.82, 2.24) is 10.2 Å². The zero-order valence-electron chi connectivity index (χ0n) is 7.83. The molecule has 0 aliphatic carbocycles. The average Bonchev–Trinajstić information content (AvgIpc) is 2.53. The molecular formula is C11H12N2. The summed E-state index contributed by atoms with van der Waals surface area (Å²) in [4.78, 5) is 0. The number of nitrogens with zero attached hydrogens (tertiary/aromatic N) is 1. The second-order valence-corrected chi connectivity index (χ2v) is 3.36. The van der Waals surface area contributed by atoms with E-state index in [0.717, 1.165) is 5.56 Å². The predicted octanol–water partition coefficient (Wildman–Crippen LogP) is 2.69. The van der Waals surface area contributed by atoms with Crippen LogP contribution in [0.2, 0.25) is 0 Å². The van der Waals surface area contributed by atoms with Gasteiger partial charge < -0.3 is 0 Å². The molecule has 1 aromatic carbocycles. The van der Waals surface area contributed by atoms with Gasteiger partial charge in [0, 0.05) is 11.8 Å². The van der Waals surface area contributed by atoms with E-state index in [1.54, 1.807) is 0 Å². The lowest BCUT2D eigenvalue weighted by molar-refractivity contribution is 1.09. The SMILES string of the molecule is Cc1cc(C)cc(-c2cn[nH]c2)c1. The third-order valence-corrected chi connectivity index (χ3v) is 2.05. The van der Waals surface area contributed by atoms with Gasteiger partial charge in [-0.1, -0.05) is 29.3 Å². The summed E-state index contributed by atoms with van der Waals surface area (Å²) in [6.45, 7) is 4.22. The molecule has 13 heavy (non-hydrogen) atoms. The lowest BCUT2D eigenvalue weighted by atomic mass is 10.0. The van der Waals surface area contributed by atoms with Crippen LogP contribution in [-0.2, 0) is 0 Å². The number of aryl methyl sites for hydroxylation is 2. The summed E-state index contributed by atoms with van der Waals surface area (Å²) in [6.07, 6.45) is 3.75. The normalized spacial score (nSPS) is 10.3. The molecule has 0 fully saturated rings. The van der Waals surface area contributed by atoms with Gasteiger partial charge in [0.25, 0.3) is 0 Å². The molecule has 0 aliphatic rings. The number of rotatable bonds is 1. The Labute approximate surface area is 77.6 Å². The van der Waals surface area contributed by atoms with Crippen LogP contribution < -0.4 is 0 Å². The number of aromatic nitrogens is 2. The molecule has 1 heterocycles. The zero-order valence-corrected chi connectivity index (χ0v) is 7.83. The standard InChI is InChI=1S/C11H12N2/c1-8-3-9(2)5-10(4-8)11-6-12-13-7-11/h3-7H,1-2H3,(H,12,13). The van der Waals surface area contributed by atoms with Crippen LogP contribution in [-0.4, -0.2) is 10.2 Å². The van der Waals surface area contributed by atoms with Crippen LogP contribution in [0.3, 0.4) is 0 Å². The van der Waals surface area contributed by atoms with Crippen LogP contribution in [0.25, 0.3) is 11.1 Å². The third-order valence-electron chi connectivity index (χ3n) is 2.05. The topological polar surface area (TPSA) is 28.7 Å². The van der Waals surface area contributed by atoms with Gasteiger partial charge >= 0.3 is 0 Å². The quantitative estimate of drug-likeness (QED) is 0.704. The molecule has 66 valence electrons. The Hall–Kier alpha value is -1.57. The van der Waals surface area contributed by atoms with Gasteiger partial charge in [-0.15, -0.1) is 0 Å². The second-order valence-electron chi connectivity index (χ2n) is 3.36. The minimum atomic E-state index is 1.15. The van der Waals surface area contributed by atoms with Crippen molar-refractivity contribution in [2.45, 2.75) is 13.8 Å². The van der Waals surface area contributed by atoms with E-state index in [1.165, 1.54) is 16.7 Å². The van der Waals surface area contributed by atoms with Crippen molar-refractivity contribution >= 4 is 0 Å². The van der Waals surface area contributed by atoms with E-state index in [4.69, 9.17) is 0 Å². The van der Waals surface area contributed by atoms with Gasteiger partial charge in [0.1, 0.15) is 0 Å². The van der Waals surface area contributed by atoms with E-state index >= 15 is 0 Å². The molecule has 0 bridgehead atoms. The summed E-state index contributed by atoms with van der Waals surface area (Å²) in [6, 6.07) is 6.50. The van der Waals surface area contributed by atoms with Gasteiger partial charge in [0.2, 0.25) is 0 Å². The maximum Gasteiger partial charge on any atom is 0.0565 e. The van der Waals surface area contributed by atoms with Crippen LogP contribution in [0, 0.1) is 13.8 Å². The maximum atomic E-state index is 3.93. The predicted molar refractivity (Wildman–Crippen MR) is 53.5 cm³/mol. The Balaban J connectivity index is 2.53. The Morgan fingerprint density at radius 1 is 1.00 bits per heavy atom. The van der Waals surface area contributed by atoms with Crippen LogP contribution in [0.1, 0.15) is 11.1 Å². The molecule has 0 amide bonds. The van der Waals surface area contributed by atoms with Crippen molar-refractivity contribution in [2.75, 3.05) is 0 Å². The van der Waals surface area contributed by atoms with Crippen LogP contribution in [0.5, 0.6) is 0 Å². The van der Waals surface area contributed by atoms with Gasteiger partial charge in [-0.25, -0.2) is 0 Å². The molecule has 0 saturated heterocycles. The Bertz CT molecular complexity index is 382. The van der Waals surface area contributed by atoms with Crippen molar-refractivity contribution < 1.29 is 0 Å². The molecule has 0 spiro atoms. The zero-order chi connectivity index (χ0) is 9.26. The summed E-state index contributed by atoms with van der Waals surface area (Å²) < 4.78 is 0. The smallest absolute Gasteiger partial charge is 0.0565 e. The first-order chi connectivity index (χ1) is 6.25. The van der Waals surface area contributed by atoms with E-state index < -0.39 is 0 Å². The number of hydrogen-bond donors (Lipinski definition) is 1. The Morgan fingerprint density at radius 3 is 2.23 bits per heavy atom. The van der Waals surface area contributed by atoms with E-state index in [0.29, 0.717) is 0 Å². The third kappa shape index (κ3) is 1.61. The minimum absolute atomic E-state index is 1.15. The monoisotopic (exact) mass is 172 g/mol. The highest BCUT2D eigenvalue weighted by atomic mass is 15.1. The van der Waals surface area contributed by atoms with Gasteiger partial charge in [-0.2, -0.15) is 5.10 Å². The van der Waals surface area contributed by atoms with Crippen molar-refractivity contribution in [3.8, 4) is 11.1 Å². The van der Waals surface area contributed by atoms with Gasteiger partial charge in [0.15, 0.2) is 0 Å². The molecule has 0 atom stereocenters. The summed E-state index contributed by atoms with van der Waals surface area (Å²) in [5, 5.41) is 6.75. The summed E-state index contributed by atoms with van der Waals surface area (Å²) in [5.41, 5.74) is 4.95. The number of benzene rings is 1. The molecule has 2 heteroatoms. The van der Waals surface area contributed by atoms with E-state index in [1.807, 2.05) is 12.4 Å². The molecule has 0 unspecified atom stereocenters. The van der Waals surface area contributed by atoms with Crippen molar-refractivity contribution in [1.29, 1.82) is 0 Å². The summed E-state index contributed by atoms with van der Waals surface area (Å²) >= 11 is 0. The molecule has 0 saturated carbocycles. The fraction of sp³-hybridized carbons (Fsp3) is 0.182. The Kier molecular flexibility index (Phi) is 1.89. The molecule has 0 aliphatic heterocycles. The Morgan fingerprint density at radius 2 is 1.69 bits per heavy atom. The molecule has 1 N–H and O–H groups in total. The number of H-pyrrole nitrogens is 1. The van der Waals surface area contributed by atoms with Crippen molar-refractivity contribution in [3.05, 3.63) is 41.7 Å². The van der Waals surface area contributed by atoms with E-state index in [9.17, 15) is 0 Å². The molecule has 0 radical (unpaired) electrons. The second kappa shape index (κ2) is 3.05. The summed E-state index contributed by atoms with van der Waals surface area (Å²) in [7, 11) is 0. The van der Waals surface area contributed by atoms with Crippen molar-refractivity contribution in [2.24, 2.45) is 0 Å².